The standard InChI is InChI=1S/C21H20FN3O2/c1-13-11-14(9-10-16(13)22)23-20(26)12-25-19-8-3-2-6-18(19)24-17-7-4-5-15(17)21(25)27/h2-3,6,8-11,15H,4-5,7,12H2,1H3,(H,23,26)/t15-/m1/s1. The highest BCUT2D eigenvalue weighted by atomic mass is 19.1. The molecule has 2 aromatic rings. The van der Waals surface area contributed by atoms with Crippen molar-refractivity contribution in [2.24, 2.45) is 10.9 Å². The highest BCUT2D eigenvalue weighted by Gasteiger charge is 2.37. The fourth-order valence-corrected chi connectivity index (χ4v) is 3.71. The van der Waals surface area contributed by atoms with E-state index in [1.54, 1.807) is 13.0 Å². The van der Waals surface area contributed by atoms with Crippen molar-refractivity contribution in [1.82, 2.24) is 0 Å². The van der Waals surface area contributed by atoms with Crippen LogP contribution in [0.2, 0.25) is 0 Å². The Morgan fingerprint density at radius 2 is 2.11 bits per heavy atom. The van der Waals surface area contributed by atoms with Crippen LogP contribution in [-0.2, 0) is 9.59 Å². The van der Waals surface area contributed by atoms with Crippen LogP contribution in [0.25, 0.3) is 0 Å². The minimum absolute atomic E-state index is 0.0818. The first-order valence-corrected chi connectivity index (χ1v) is 9.07. The van der Waals surface area contributed by atoms with Gasteiger partial charge in [0.15, 0.2) is 0 Å². The summed E-state index contributed by atoms with van der Waals surface area (Å²) in [5.74, 6) is -0.985. The van der Waals surface area contributed by atoms with Gasteiger partial charge in [-0.1, -0.05) is 12.1 Å². The molecule has 0 bridgehead atoms. The number of nitrogens with one attached hydrogen (secondary N) is 1. The lowest BCUT2D eigenvalue weighted by molar-refractivity contribution is -0.122. The molecule has 5 nitrogen and oxygen atoms in total. The molecule has 1 fully saturated rings. The van der Waals surface area contributed by atoms with Crippen molar-refractivity contribution in [2.45, 2.75) is 26.2 Å². The number of aliphatic imine (C=N–C) groups is 1. The zero-order chi connectivity index (χ0) is 19.0. The first kappa shape index (κ1) is 17.4. The molecule has 1 atom stereocenters. The molecule has 27 heavy (non-hydrogen) atoms. The molecule has 138 valence electrons. The van der Waals surface area contributed by atoms with Gasteiger partial charge in [0.2, 0.25) is 11.8 Å². The van der Waals surface area contributed by atoms with E-state index < -0.39 is 0 Å². The maximum Gasteiger partial charge on any atom is 0.244 e. The van der Waals surface area contributed by atoms with Crippen LogP contribution >= 0.6 is 0 Å². The molecule has 0 spiro atoms. The van der Waals surface area contributed by atoms with E-state index in [1.807, 2.05) is 24.3 Å². The predicted molar refractivity (Wildman–Crippen MR) is 103 cm³/mol. The van der Waals surface area contributed by atoms with Gasteiger partial charge in [0, 0.05) is 11.4 Å². The van der Waals surface area contributed by atoms with Crippen molar-refractivity contribution < 1.29 is 14.0 Å². The number of amides is 2. The van der Waals surface area contributed by atoms with Crippen molar-refractivity contribution >= 4 is 34.6 Å². The van der Waals surface area contributed by atoms with Gasteiger partial charge in [0.05, 0.1) is 17.3 Å². The van der Waals surface area contributed by atoms with Crippen LogP contribution in [0.4, 0.5) is 21.5 Å². The van der Waals surface area contributed by atoms with E-state index in [1.165, 1.54) is 17.0 Å². The van der Waals surface area contributed by atoms with Crippen LogP contribution in [0.15, 0.2) is 47.5 Å². The topological polar surface area (TPSA) is 61.8 Å². The zero-order valence-corrected chi connectivity index (χ0v) is 15.0. The van der Waals surface area contributed by atoms with Gasteiger partial charge in [-0.05, 0) is 62.1 Å². The summed E-state index contributed by atoms with van der Waals surface area (Å²) in [7, 11) is 0. The van der Waals surface area contributed by atoms with E-state index in [0.29, 0.717) is 16.9 Å². The zero-order valence-electron chi connectivity index (χ0n) is 15.0. The van der Waals surface area contributed by atoms with Crippen LogP contribution in [0, 0.1) is 18.7 Å². The van der Waals surface area contributed by atoms with Crippen LogP contribution < -0.4 is 10.2 Å². The summed E-state index contributed by atoms with van der Waals surface area (Å²) in [4.78, 5) is 31.9. The second-order valence-corrected chi connectivity index (χ2v) is 6.97. The van der Waals surface area contributed by atoms with E-state index in [0.717, 1.165) is 30.7 Å². The number of fused-ring (bicyclic) bond motifs is 2. The minimum atomic E-state index is -0.328. The van der Waals surface area contributed by atoms with Gasteiger partial charge in [0.1, 0.15) is 12.4 Å². The third-order valence-electron chi connectivity index (χ3n) is 5.07. The molecule has 4 rings (SSSR count). The number of benzene rings is 2. The Bertz CT molecular complexity index is 954. The maximum atomic E-state index is 13.4. The SMILES string of the molecule is Cc1cc(NC(=O)CN2C(=O)[C@@H]3CCCC3=Nc3ccccc32)ccc1F. The largest absolute Gasteiger partial charge is 0.325 e. The van der Waals surface area contributed by atoms with Gasteiger partial charge in [-0.2, -0.15) is 0 Å². The second kappa shape index (κ2) is 6.95. The van der Waals surface area contributed by atoms with Gasteiger partial charge >= 0.3 is 0 Å². The minimum Gasteiger partial charge on any atom is -0.325 e. The molecule has 2 aromatic carbocycles. The Morgan fingerprint density at radius 3 is 2.93 bits per heavy atom. The molecular weight excluding hydrogens is 345 g/mol. The summed E-state index contributed by atoms with van der Waals surface area (Å²) in [6.07, 6.45) is 2.52. The summed E-state index contributed by atoms with van der Waals surface area (Å²) < 4.78 is 13.4. The first-order chi connectivity index (χ1) is 13.0. The Balaban J connectivity index is 1.59. The highest BCUT2D eigenvalue weighted by Crippen LogP contribution is 2.37. The maximum absolute atomic E-state index is 13.4. The lowest BCUT2D eigenvalue weighted by atomic mass is 10.1. The number of halogens is 1. The first-order valence-electron chi connectivity index (χ1n) is 9.07. The van der Waals surface area contributed by atoms with Gasteiger partial charge < -0.3 is 10.2 Å². The van der Waals surface area contributed by atoms with Crippen molar-refractivity contribution in [3.8, 4) is 0 Å². The number of carbonyl (C=O) groups is 2. The Morgan fingerprint density at radius 1 is 1.30 bits per heavy atom. The lowest BCUT2D eigenvalue weighted by Gasteiger charge is -2.24. The smallest absolute Gasteiger partial charge is 0.244 e. The second-order valence-electron chi connectivity index (χ2n) is 6.97. The van der Waals surface area contributed by atoms with E-state index in [4.69, 9.17) is 4.99 Å². The summed E-state index contributed by atoms with van der Waals surface area (Å²) in [5.41, 5.74) is 3.23. The van der Waals surface area contributed by atoms with Crippen molar-refractivity contribution in [3.63, 3.8) is 0 Å². The molecule has 0 radical (unpaired) electrons. The number of carbonyl (C=O) groups excluding carboxylic acids is 2. The molecule has 1 N–H and O–H groups in total. The molecule has 1 heterocycles. The van der Waals surface area contributed by atoms with Crippen LogP contribution in [0.5, 0.6) is 0 Å². The summed E-state index contributed by atoms with van der Waals surface area (Å²) >= 11 is 0. The molecule has 0 aromatic heterocycles. The lowest BCUT2D eigenvalue weighted by Crippen LogP contribution is -2.41. The summed E-state index contributed by atoms with van der Waals surface area (Å²) in [6.45, 7) is 1.53. The van der Waals surface area contributed by atoms with Crippen molar-refractivity contribution in [3.05, 3.63) is 53.8 Å². The highest BCUT2D eigenvalue weighted by molar-refractivity contribution is 6.16. The number of aryl methyl sites for hydroxylation is 1. The predicted octanol–water partition coefficient (Wildman–Crippen LogP) is 3.99. The monoisotopic (exact) mass is 365 g/mol. The number of hydrogen-bond donors (Lipinski definition) is 1. The van der Waals surface area contributed by atoms with Crippen molar-refractivity contribution in [2.75, 3.05) is 16.8 Å². The summed E-state index contributed by atoms with van der Waals surface area (Å²) in [6, 6.07) is 11.8. The normalized spacial score (nSPS) is 18.4. The van der Waals surface area contributed by atoms with Crippen LogP contribution in [0.1, 0.15) is 24.8 Å². The third-order valence-corrected chi connectivity index (χ3v) is 5.07. The molecule has 1 aliphatic heterocycles. The van der Waals surface area contributed by atoms with E-state index in [-0.39, 0.29) is 30.1 Å². The number of para-hydroxylation sites is 2. The van der Waals surface area contributed by atoms with Gasteiger partial charge in [0.25, 0.3) is 0 Å². The summed E-state index contributed by atoms with van der Waals surface area (Å²) in [5, 5.41) is 2.75. The molecule has 6 heteroatoms. The molecular formula is C21H20FN3O2. The Hall–Kier alpha value is -3.02. The third kappa shape index (κ3) is 3.35. The van der Waals surface area contributed by atoms with E-state index in [9.17, 15) is 14.0 Å². The molecule has 2 aliphatic rings. The van der Waals surface area contributed by atoms with E-state index in [2.05, 4.69) is 5.32 Å². The van der Waals surface area contributed by atoms with E-state index >= 15 is 0 Å². The van der Waals surface area contributed by atoms with Crippen LogP contribution in [-0.4, -0.2) is 24.1 Å². The van der Waals surface area contributed by atoms with Gasteiger partial charge in [-0.3, -0.25) is 14.6 Å². The average molecular weight is 365 g/mol. The van der Waals surface area contributed by atoms with Crippen LogP contribution in [0.3, 0.4) is 0 Å². The van der Waals surface area contributed by atoms with Gasteiger partial charge in [-0.25, -0.2) is 4.39 Å². The molecule has 1 aliphatic carbocycles. The van der Waals surface area contributed by atoms with Crippen molar-refractivity contribution in [1.29, 1.82) is 0 Å². The quantitative estimate of drug-likeness (QED) is 0.894. The Kier molecular flexibility index (Phi) is 4.48. The fourth-order valence-electron chi connectivity index (χ4n) is 3.71. The number of hydrogen-bond acceptors (Lipinski definition) is 3. The number of anilines is 2. The molecule has 2 amide bonds. The number of nitrogens with zero attached hydrogens (tertiary/aromatic N) is 2. The fraction of sp³-hybridized carbons (Fsp3) is 0.286. The average Bonchev–Trinajstić information content (AvgIpc) is 3.07. The molecule has 0 unspecified atom stereocenters. The van der Waals surface area contributed by atoms with Gasteiger partial charge in [-0.15, -0.1) is 0 Å². The molecule has 1 saturated carbocycles. The Labute approximate surface area is 156 Å². The molecule has 0 saturated heterocycles. The number of rotatable bonds is 3.